The molecule has 2 aromatic heterocycles. The van der Waals surface area contributed by atoms with Crippen molar-refractivity contribution in [3.05, 3.63) is 118 Å². The van der Waals surface area contributed by atoms with Crippen molar-refractivity contribution in [3.8, 4) is 22.5 Å². The zero-order chi connectivity index (χ0) is 35.9. The average Bonchev–Trinajstić information content (AvgIpc) is 3.66. The van der Waals surface area contributed by atoms with Gasteiger partial charge in [-0.05, 0) is 78.8 Å². The van der Waals surface area contributed by atoms with E-state index in [0.29, 0.717) is 24.9 Å². The SMILES string of the molecule is CCCc1nc2c(C)cc(-c3nc4ccccc4n3C)cc2n1Cc1ccc(-c2ccccc2C(=O)NCC(=O)OCCCCO[N+](=O)[O-])cc1. The Balaban J connectivity index is 1.18. The summed E-state index contributed by atoms with van der Waals surface area (Å²) < 4.78 is 9.55. The summed E-state index contributed by atoms with van der Waals surface area (Å²) in [5, 5.41) is 12.0. The standard InChI is InChI=1S/C39H40N6O6/c1-4-11-35-42-37-26(2)22-29(38-41-32-14-7-8-15-33(32)43(38)3)23-34(37)44(35)25-27-16-18-28(19-17-27)30-12-5-6-13-31(30)39(47)40-24-36(46)50-20-9-10-21-51-45(48)49/h5-8,12-19,22-23H,4,9-11,20-21,24-25H2,1-3H3,(H,40,47). The molecule has 6 rings (SSSR count). The molecule has 51 heavy (non-hydrogen) atoms. The van der Waals surface area contributed by atoms with Crippen molar-refractivity contribution in [3.63, 3.8) is 0 Å². The van der Waals surface area contributed by atoms with E-state index in [0.717, 1.165) is 74.4 Å². The summed E-state index contributed by atoms with van der Waals surface area (Å²) in [7, 11) is 2.05. The number of nitrogens with one attached hydrogen (secondary N) is 1. The predicted octanol–water partition coefficient (Wildman–Crippen LogP) is 6.83. The molecule has 0 fully saturated rings. The van der Waals surface area contributed by atoms with E-state index in [1.807, 2.05) is 49.5 Å². The molecule has 1 N–H and O–H groups in total. The molecule has 2 heterocycles. The van der Waals surface area contributed by atoms with Crippen LogP contribution in [0.1, 0.15) is 53.5 Å². The summed E-state index contributed by atoms with van der Waals surface area (Å²) in [6.45, 7) is 4.61. The summed E-state index contributed by atoms with van der Waals surface area (Å²) >= 11 is 0. The lowest BCUT2D eigenvalue weighted by Crippen LogP contribution is -2.31. The summed E-state index contributed by atoms with van der Waals surface area (Å²) in [6, 6.07) is 27.9. The Hall–Kier alpha value is -6.04. The maximum Gasteiger partial charge on any atom is 0.325 e. The first kappa shape index (κ1) is 34.8. The molecule has 0 radical (unpaired) electrons. The highest BCUT2D eigenvalue weighted by atomic mass is 16.9. The third-order valence-electron chi connectivity index (χ3n) is 8.81. The van der Waals surface area contributed by atoms with Crippen LogP contribution in [-0.4, -0.2) is 55.8 Å². The lowest BCUT2D eigenvalue weighted by Gasteiger charge is -2.13. The third kappa shape index (κ3) is 7.90. The first-order chi connectivity index (χ1) is 24.7. The van der Waals surface area contributed by atoms with Crippen molar-refractivity contribution in [1.82, 2.24) is 24.4 Å². The second-order valence-corrected chi connectivity index (χ2v) is 12.4. The van der Waals surface area contributed by atoms with Crippen LogP contribution in [0.25, 0.3) is 44.6 Å². The lowest BCUT2D eigenvalue weighted by atomic mass is 9.98. The number of unbranched alkanes of at least 4 members (excludes halogenated alkanes) is 1. The lowest BCUT2D eigenvalue weighted by molar-refractivity contribution is -0.757. The molecule has 0 saturated carbocycles. The van der Waals surface area contributed by atoms with Crippen molar-refractivity contribution in [2.75, 3.05) is 19.8 Å². The number of imidazole rings is 2. The Kier molecular flexibility index (Phi) is 10.7. The molecule has 0 aliphatic carbocycles. The van der Waals surface area contributed by atoms with E-state index in [2.05, 4.69) is 63.5 Å². The summed E-state index contributed by atoms with van der Waals surface area (Å²) in [6.07, 6.45) is 2.60. The van der Waals surface area contributed by atoms with Crippen LogP contribution in [0, 0.1) is 17.0 Å². The molecular weight excluding hydrogens is 648 g/mol. The van der Waals surface area contributed by atoms with Crippen LogP contribution in [0.2, 0.25) is 0 Å². The molecule has 12 heteroatoms. The van der Waals surface area contributed by atoms with Gasteiger partial charge in [-0.25, -0.2) is 9.97 Å². The molecule has 0 atom stereocenters. The van der Waals surface area contributed by atoms with Crippen LogP contribution in [0.15, 0.2) is 84.9 Å². The molecule has 262 valence electrons. The monoisotopic (exact) mass is 688 g/mol. The number of ether oxygens (including phenoxy) is 1. The Labute approximate surface area is 295 Å². The Morgan fingerprint density at radius 2 is 1.65 bits per heavy atom. The van der Waals surface area contributed by atoms with Gasteiger partial charge in [0.15, 0.2) is 0 Å². The number of carbonyl (C=O) groups is 2. The predicted molar refractivity (Wildman–Crippen MR) is 195 cm³/mol. The smallest absolute Gasteiger partial charge is 0.325 e. The van der Waals surface area contributed by atoms with Crippen LogP contribution in [0.3, 0.4) is 0 Å². The number of fused-ring (bicyclic) bond motifs is 2. The van der Waals surface area contributed by atoms with Gasteiger partial charge in [-0.2, -0.15) is 0 Å². The highest BCUT2D eigenvalue weighted by Gasteiger charge is 2.18. The van der Waals surface area contributed by atoms with Gasteiger partial charge in [0.2, 0.25) is 0 Å². The second kappa shape index (κ2) is 15.7. The molecule has 0 bridgehead atoms. The number of hydrogen-bond acceptors (Lipinski definition) is 8. The fourth-order valence-electron chi connectivity index (χ4n) is 6.30. The van der Waals surface area contributed by atoms with Crippen LogP contribution >= 0.6 is 0 Å². The van der Waals surface area contributed by atoms with Gasteiger partial charge in [0.25, 0.3) is 11.0 Å². The Morgan fingerprint density at radius 3 is 2.41 bits per heavy atom. The third-order valence-corrected chi connectivity index (χ3v) is 8.81. The van der Waals surface area contributed by atoms with E-state index in [-0.39, 0.29) is 19.8 Å². The molecule has 1 amide bonds. The van der Waals surface area contributed by atoms with Crippen LogP contribution in [0.5, 0.6) is 0 Å². The minimum Gasteiger partial charge on any atom is -0.464 e. The number of nitrogens with zero attached hydrogens (tertiary/aromatic N) is 5. The summed E-state index contributed by atoms with van der Waals surface area (Å²) in [5.74, 6) is 0.955. The number of rotatable bonds is 15. The number of esters is 1. The molecule has 0 saturated heterocycles. The molecule has 0 aliphatic heterocycles. The van der Waals surface area contributed by atoms with E-state index in [4.69, 9.17) is 14.7 Å². The zero-order valence-corrected chi connectivity index (χ0v) is 28.9. The first-order valence-electron chi connectivity index (χ1n) is 17.0. The maximum atomic E-state index is 13.1. The Bertz CT molecular complexity index is 2200. The number of benzene rings is 4. The van der Waals surface area contributed by atoms with Crippen molar-refractivity contribution >= 4 is 33.9 Å². The average molecular weight is 689 g/mol. The molecule has 4 aromatic carbocycles. The van der Waals surface area contributed by atoms with Gasteiger partial charge in [0.05, 0.1) is 35.3 Å². The van der Waals surface area contributed by atoms with E-state index in [1.54, 1.807) is 12.1 Å². The minimum atomic E-state index is -0.860. The van der Waals surface area contributed by atoms with Crippen molar-refractivity contribution in [2.24, 2.45) is 7.05 Å². The highest BCUT2D eigenvalue weighted by molar-refractivity contribution is 6.02. The summed E-state index contributed by atoms with van der Waals surface area (Å²) in [5.41, 5.74) is 9.38. The number of amides is 1. The van der Waals surface area contributed by atoms with Gasteiger partial charge >= 0.3 is 5.97 Å². The molecule has 12 nitrogen and oxygen atoms in total. The van der Waals surface area contributed by atoms with Gasteiger partial charge in [0, 0.05) is 31.1 Å². The largest absolute Gasteiger partial charge is 0.464 e. The number of carbonyl (C=O) groups excluding carboxylic acids is 2. The number of aryl methyl sites for hydroxylation is 3. The van der Waals surface area contributed by atoms with E-state index in [1.165, 1.54) is 0 Å². The van der Waals surface area contributed by atoms with Crippen LogP contribution < -0.4 is 5.32 Å². The van der Waals surface area contributed by atoms with Crippen LogP contribution in [0.4, 0.5) is 0 Å². The fraction of sp³-hybridized carbons (Fsp3) is 0.282. The number of para-hydroxylation sites is 2. The topological polar surface area (TPSA) is 143 Å². The van der Waals surface area contributed by atoms with Crippen molar-refractivity contribution < 1.29 is 24.3 Å². The van der Waals surface area contributed by atoms with Gasteiger partial charge in [-0.3, -0.25) is 9.59 Å². The molecule has 0 aliphatic rings. The van der Waals surface area contributed by atoms with Crippen molar-refractivity contribution in [2.45, 2.75) is 46.1 Å². The molecule has 0 unspecified atom stereocenters. The fourth-order valence-corrected chi connectivity index (χ4v) is 6.30. The minimum absolute atomic E-state index is 0.0650. The van der Waals surface area contributed by atoms with Crippen molar-refractivity contribution in [1.29, 1.82) is 0 Å². The first-order valence-corrected chi connectivity index (χ1v) is 17.0. The van der Waals surface area contributed by atoms with Gasteiger partial charge in [-0.1, -0.05) is 61.5 Å². The van der Waals surface area contributed by atoms with Gasteiger partial charge in [-0.15, -0.1) is 10.1 Å². The zero-order valence-electron chi connectivity index (χ0n) is 28.9. The number of hydrogen-bond donors (Lipinski definition) is 1. The maximum absolute atomic E-state index is 13.1. The summed E-state index contributed by atoms with van der Waals surface area (Å²) in [4.78, 5) is 49.8. The van der Waals surface area contributed by atoms with Gasteiger partial charge in [0.1, 0.15) is 18.2 Å². The normalized spacial score (nSPS) is 11.2. The van der Waals surface area contributed by atoms with E-state index in [9.17, 15) is 19.7 Å². The van der Waals surface area contributed by atoms with E-state index < -0.39 is 17.0 Å². The van der Waals surface area contributed by atoms with E-state index >= 15 is 0 Å². The highest BCUT2D eigenvalue weighted by Crippen LogP contribution is 2.31. The quantitative estimate of drug-likeness (QED) is 0.0536. The molecular formula is C39H40N6O6. The molecule has 0 spiro atoms. The molecule has 6 aromatic rings. The Morgan fingerprint density at radius 1 is 0.902 bits per heavy atom. The van der Waals surface area contributed by atoms with Crippen LogP contribution in [-0.2, 0) is 34.4 Å². The van der Waals surface area contributed by atoms with Gasteiger partial charge < -0.3 is 24.0 Å². The second-order valence-electron chi connectivity index (χ2n) is 12.4. The number of aromatic nitrogens is 4.